The number of carbonyl (C=O) groups excluding carboxylic acids is 2. The van der Waals surface area contributed by atoms with E-state index in [4.69, 9.17) is 4.74 Å². The summed E-state index contributed by atoms with van der Waals surface area (Å²) in [5, 5.41) is 5.55. The van der Waals surface area contributed by atoms with Crippen molar-refractivity contribution in [3.05, 3.63) is 60.2 Å². The molecule has 2 amide bonds. The van der Waals surface area contributed by atoms with Crippen LogP contribution in [0.3, 0.4) is 0 Å². The lowest BCUT2D eigenvalue weighted by atomic mass is 10.2. The van der Waals surface area contributed by atoms with E-state index in [1.54, 1.807) is 38.1 Å². The molecule has 0 heterocycles. The standard InChI is InChI=1S/C19H22N2O3/c1-3-18(22)20-16-10-7-11-17(12-16)21-19(23)14(2)24-13-15-8-5-4-6-9-15/h4-12,14H,3,13H2,1-2H3,(H,20,22)(H,21,23). The summed E-state index contributed by atoms with van der Waals surface area (Å²) < 4.78 is 5.59. The number of benzene rings is 2. The van der Waals surface area contributed by atoms with E-state index in [1.807, 2.05) is 30.3 Å². The second-order valence-electron chi connectivity index (χ2n) is 5.41. The molecule has 2 N–H and O–H groups in total. The molecule has 126 valence electrons. The van der Waals surface area contributed by atoms with Gasteiger partial charge in [-0.3, -0.25) is 9.59 Å². The van der Waals surface area contributed by atoms with Crippen molar-refractivity contribution in [2.45, 2.75) is 33.0 Å². The first-order chi connectivity index (χ1) is 11.6. The lowest BCUT2D eigenvalue weighted by Gasteiger charge is -2.14. The van der Waals surface area contributed by atoms with Crippen LogP contribution in [0.2, 0.25) is 0 Å². The van der Waals surface area contributed by atoms with Gasteiger partial charge in [-0.1, -0.05) is 43.3 Å². The highest BCUT2D eigenvalue weighted by Crippen LogP contribution is 2.16. The topological polar surface area (TPSA) is 67.4 Å². The quantitative estimate of drug-likeness (QED) is 0.817. The highest BCUT2D eigenvalue weighted by Gasteiger charge is 2.14. The van der Waals surface area contributed by atoms with Gasteiger partial charge in [-0.25, -0.2) is 0 Å². The average molecular weight is 326 g/mol. The van der Waals surface area contributed by atoms with Crippen LogP contribution in [0.25, 0.3) is 0 Å². The molecule has 0 aliphatic rings. The second-order valence-corrected chi connectivity index (χ2v) is 5.41. The van der Waals surface area contributed by atoms with Gasteiger partial charge in [0, 0.05) is 17.8 Å². The van der Waals surface area contributed by atoms with Crippen LogP contribution in [0, 0.1) is 0 Å². The molecular formula is C19H22N2O3. The SMILES string of the molecule is CCC(=O)Nc1cccc(NC(=O)C(C)OCc2ccccc2)c1. The Morgan fingerprint density at radius 2 is 1.67 bits per heavy atom. The van der Waals surface area contributed by atoms with Crippen LogP contribution in [0.15, 0.2) is 54.6 Å². The molecule has 0 aliphatic heterocycles. The van der Waals surface area contributed by atoms with Gasteiger partial charge in [-0.15, -0.1) is 0 Å². The van der Waals surface area contributed by atoms with E-state index in [9.17, 15) is 9.59 Å². The highest BCUT2D eigenvalue weighted by atomic mass is 16.5. The zero-order chi connectivity index (χ0) is 17.4. The smallest absolute Gasteiger partial charge is 0.253 e. The third-order valence-corrected chi connectivity index (χ3v) is 3.45. The maximum atomic E-state index is 12.2. The molecule has 2 aromatic carbocycles. The Kier molecular flexibility index (Phi) is 6.51. The number of carbonyl (C=O) groups is 2. The Morgan fingerprint density at radius 1 is 1.00 bits per heavy atom. The number of anilines is 2. The fourth-order valence-corrected chi connectivity index (χ4v) is 2.04. The minimum atomic E-state index is -0.584. The van der Waals surface area contributed by atoms with Crippen LogP contribution in [-0.4, -0.2) is 17.9 Å². The van der Waals surface area contributed by atoms with Crippen molar-refractivity contribution in [3.8, 4) is 0 Å². The number of ether oxygens (including phenoxy) is 1. The number of hydrogen-bond donors (Lipinski definition) is 2. The highest BCUT2D eigenvalue weighted by molar-refractivity contribution is 5.95. The minimum Gasteiger partial charge on any atom is -0.364 e. The van der Waals surface area contributed by atoms with E-state index >= 15 is 0 Å². The summed E-state index contributed by atoms with van der Waals surface area (Å²) in [4.78, 5) is 23.6. The maximum absolute atomic E-state index is 12.2. The molecule has 2 aromatic rings. The molecular weight excluding hydrogens is 304 g/mol. The van der Waals surface area contributed by atoms with Gasteiger partial charge in [0.05, 0.1) is 6.61 Å². The van der Waals surface area contributed by atoms with E-state index in [-0.39, 0.29) is 11.8 Å². The summed E-state index contributed by atoms with van der Waals surface area (Å²) in [6.07, 6.45) is -0.180. The molecule has 5 nitrogen and oxygen atoms in total. The van der Waals surface area contributed by atoms with Crippen LogP contribution < -0.4 is 10.6 Å². The molecule has 2 rings (SSSR count). The molecule has 0 saturated carbocycles. The molecule has 0 aliphatic carbocycles. The number of nitrogens with one attached hydrogen (secondary N) is 2. The second kappa shape index (κ2) is 8.84. The van der Waals surface area contributed by atoms with E-state index in [0.29, 0.717) is 24.4 Å². The minimum absolute atomic E-state index is 0.0713. The molecule has 0 spiro atoms. The lowest BCUT2D eigenvalue weighted by Crippen LogP contribution is -2.27. The summed E-state index contributed by atoms with van der Waals surface area (Å²) in [7, 11) is 0. The summed E-state index contributed by atoms with van der Waals surface area (Å²) in [5.41, 5.74) is 2.28. The monoisotopic (exact) mass is 326 g/mol. The maximum Gasteiger partial charge on any atom is 0.253 e. The Hall–Kier alpha value is -2.66. The molecule has 5 heteroatoms. The van der Waals surface area contributed by atoms with Crippen molar-refractivity contribution >= 4 is 23.2 Å². The van der Waals surface area contributed by atoms with Crippen molar-refractivity contribution in [3.63, 3.8) is 0 Å². The first-order valence-electron chi connectivity index (χ1n) is 7.94. The predicted molar refractivity (Wildman–Crippen MR) is 94.7 cm³/mol. The molecule has 1 atom stereocenters. The van der Waals surface area contributed by atoms with Gasteiger partial charge in [0.2, 0.25) is 5.91 Å². The average Bonchev–Trinajstić information content (AvgIpc) is 2.60. The predicted octanol–water partition coefficient (Wildman–Crippen LogP) is 3.58. The number of hydrogen-bond acceptors (Lipinski definition) is 3. The summed E-state index contributed by atoms with van der Waals surface area (Å²) in [6.45, 7) is 3.87. The summed E-state index contributed by atoms with van der Waals surface area (Å²) >= 11 is 0. The molecule has 0 fully saturated rings. The largest absolute Gasteiger partial charge is 0.364 e. The zero-order valence-electron chi connectivity index (χ0n) is 13.9. The van der Waals surface area contributed by atoms with E-state index in [0.717, 1.165) is 5.56 Å². The first-order valence-corrected chi connectivity index (χ1v) is 7.94. The van der Waals surface area contributed by atoms with Gasteiger partial charge >= 0.3 is 0 Å². The van der Waals surface area contributed by atoms with Crippen molar-refractivity contribution < 1.29 is 14.3 Å². The third-order valence-electron chi connectivity index (χ3n) is 3.45. The fourth-order valence-electron chi connectivity index (χ4n) is 2.04. The van der Waals surface area contributed by atoms with Crippen molar-refractivity contribution in [1.82, 2.24) is 0 Å². The normalized spacial score (nSPS) is 11.6. The van der Waals surface area contributed by atoms with Gasteiger partial charge in [-0.05, 0) is 30.7 Å². The molecule has 0 saturated heterocycles. The van der Waals surface area contributed by atoms with Crippen LogP contribution >= 0.6 is 0 Å². The van der Waals surface area contributed by atoms with Crippen LogP contribution in [0.5, 0.6) is 0 Å². The van der Waals surface area contributed by atoms with Crippen LogP contribution in [0.4, 0.5) is 11.4 Å². The van der Waals surface area contributed by atoms with Gasteiger partial charge < -0.3 is 15.4 Å². The van der Waals surface area contributed by atoms with Gasteiger partial charge in [0.25, 0.3) is 5.91 Å². The van der Waals surface area contributed by atoms with E-state index in [1.165, 1.54) is 0 Å². The van der Waals surface area contributed by atoms with Crippen molar-refractivity contribution in [2.24, 2.45) is 0 Å². The molecule has 0 bridgehead atoms. The van der Waals surface area contributed by atoms with Gasteiger partial charge in [-0.2, -0.15) is 0 Å². The molecule has 24 heavy (non-hydrogen) atoms. The zero-order valence-corrected chi connectivity index (χ0v) is 13.9. The Morgan fingerprint density at radius 3 is 2.33 bits per heavy atom. The first kappa shape index (κ1) is 17.7. The molecule has 0 aromatic heterocycles. The Labute approximate surface area is 142 Å². The van der Waals surface area contributed by atoms with Crippen LogP contribution in [0.1, 0.15) is 25.8 Å². The number of amides is 2. The fraction of sp³-hybridized carbons (Fsp3) is 0.263. The van der Waals surface area contributed by atoms with Crippen molar-refractivity contribution in [2.75, 3.05) is 10.6 Å². The Balaban J connectivity index is 1.89. The third kappa shape index (κ3) is 5.52. The van der Waals surface area contributed by atoms with E-state index < -0.39 is 6.10 Å². The van der Waals surface area contributed by atoms with Gasteiger partial charge in [0.1, 0.15) is 6.10 Å². The molecule has 0 radical (unpaired) electrons. The molecule has 1 unspecified atom stereocenters. The summed E-state index contributed by atoms with van der Waals surface area (Å²) in [6, 6.07) is 16.7. The van der Waals surface area contributed by atoms with Crippen LogP contribution in [-0.2, 0) is 20.9 Å². The van der Waals surface area contributed by atoms with E-state index in [2.05, 4.69) is 10.6 Å². The van der Waals surface area contributed by atoms with Gasteiger partial charge in [0.15, 0.2) is 0 Å². The lowest BCUT2D eigenvalue weighted by molar-refractivity contribution is -0.127. The summed E-state index contributed by atoms with van der Waals surface area (Å²) in [5.74, 6) is -0.303. The van der Waals surface area contributed by atoms with Crippen molar-refractivity contribution in [1.29, 1.82) is 0 Å². The Bertz CT molecular complexity index is 686. The number of rotatable bonds is 7.